The van der Waals surface area contributed by atoms with Crippen molar-refractivity contribution in [2.75, 3.05) is 13.2 Å². The van der Waals surface area contributed by atoms with Crippen molar-refractivity contribution in [3.63, 3.8) is 0 Å². The molecule has 0 aromatic rings. The number of hydrogen-bond donors (Lipinski definition) is 1. The highest BCUT2D eigenvalue weighted by Gasteiger charge is 2.15. The van der Waals surface area contributed by atoms with Gasteiger partial charge in [0.1, 0.15) is 6.04 Å². The quantitative estimate of drug-likeness (QED) is 0.371. The second-order valence-corrected chi connectivity index (χ2v) is 2.74. The number of nitrogens with one attached hydrogen (secondary N) is 1. The van der Waals surface area contributed by atoms with Crippen molar-refractivity contribution in [1.29, 1.82) is 0 Å². The van der Waals surface area contributed by atoms with Gasteiger partial charge in [-0.05, 0) is 26.3 Å². The minimum Gasteiger partial charge on any atom is -0.465 e. The van der Waals surface area contributed by atoms with Crippen LogP contribution in [0.4, 0.5) is 0 Å². The first-order valence-corrected chi connectivity index (χ1v) is 4.77. The highest BCUT2D eigenvalue weighted by molar-refractivity contribution is 5.75. The zero-order valence-electron chi connectivity index (χ0n) is 8.51. The molecule has 0 saturated carbocycles. The van der Waals surface area contributed by atoms with Crippen LogP contribution in [0.2, 0.25) is 0 Å². The summed E-state index contributed by atoms with van der Waals surface area (Å²) in [7, 11) is 0. The maximum absolute atomic E-state index is 11.3. The van der Waals surface area contributed by atoms with Crippen LogP contribution >= 0.6 is 0 Å². The number of ether oxygens (including phenoxy) is 1. The van der Waals surface area contributed by atoms with Crippen LogP contribution in [0.15, 0.2) is 12.7 Å². The lowest BCUT2D eigenvalue weighted by Crippen LogP contribution is -2.37. The van der Waals surface area contributed by atoms with Crippen molar-refractivity contribution in [2.24, 2.45) is 0 Å². The van der Waals surface area contributed by atoms with Crippen molar-refractivity contribution in [2.45, 2.75) is 32.7 Å². The standard InChI is InChI=1S/C10H19NO2/c1-4-7-8-11-9(5-2)10(12)13-6-3/h4,9,11H,1,5-8H2,2-3H3. The van der Waals surface area contributed by atoms with E-state index in [9.17, 15) is 4.79 Å². The molecule has 0 radical (unpaired) electrons. The van der Waals surface area contributed by atoms with E-state index in [0.29, 0.717) is 6.61 Å². The molecule has 1 N–H and O–H groups in total. The predicted molar refractivity (Wildman–Crippen MR) is 53.5 cm³/mol. The molecule has 0 aliphatic carbocycles. The monoisotopic (exact) mass is 185 g/mol. The van der Waals surface area contributed by atoms with Gasteiger partial charge < -0.3 is 10.1 Å². The summed E-state index contributed by atoms with van der Waals surface area (Å²) in [6, 6.07) is -0.167. The van der Waals surface area contributed by atoms with Gasteiger partial charge in [-0.3, -0.25) is 4.79 Å². The van der Waals surface area contributed by atoms with Gasteiger partial charge in [0.15, 0.2) is 0 Å². The van der Waals surface area contributed by atoms with Gasteiger partial charge in [0.2, 0.25) is 0 Å². The summed E-state index contributed by atoms with van der Waals surface area (Å²) in [5, 5.41) is 3.11. The molecule has 0 fully saturated rings. The molecule has 13 heavy (non-hydrogen) atoms. The van der Waals surface area contributed by atoms with Crippen molar-refractivity contribution < 1.29 is 9.53 Å². The van der Waals surface area contributed by atoms with Crippen LogP contribution in [0, 0.1) is 0 Å². The van der Waals surface area contributed by atoms with Gasteiger partial charge in [0.05, 0.1) is 6.61 Å². The van der Waals surface area contributed by atoms with Crippen LogP contribution < -0.4 is 5.32 Å². The fourth-order valence-electron chi connectivity index (χ4n) is 0.997. The molecule has 0 spiro atoms. The fraction of sp³-hybridized carbons (Fsp3) is 0.700. The smallest absolute Gasteiger partial charge is 0.323 e. The summed E-state index contributed by atoms with van der Waals surface area (Å²) in [6.07, 6.45) is 3.46. The average molecular weight is 185 g/mol. The molecule has 1 atom stereocenters. The van der Waals surface area contributed by atoms with Gasteiger partial charge in [-0.1, -0.05) is 13.0 Å². The molecule has 0 aromatic heterocycles. The lowest BCUT2D eigenvalue weighted by Gasteiger charge is -2.14. The molecule has 0 amide bonds. The zero-order valence-corrected chi connectivity index (χ0v) is 8.51. The third kappa shape index (κ3) is 5.42. The first-order chi connectivity index (χ1) is 6.26. The van der Waals surface area contributed by atoms with Crippen molar-refractivity contribution in [3.05, 3.63) is 12.7 Å². The molecule has 0 saturated heterocycles. The number of carbonyl (C=O) groups is 1. The summed E-state index contributed by atoms with van der Waals surface area (Å²) < 4.78 is 4.90. The Morgan fingerprint density at radius 3 is 2.77 bits per heavy atom. The summed E-state index contributed by atoms with van der Waals surface area (Å²) in [4.78, 5) is 11.3. The molecule has 0 aromatic carbocycles. The van der Waals surface area contributed by atoms with Gasteiger partial charge in [-0.15, -0.1) is 6.58 Å². The van der Waals surface area contributed by atoms with E-state index in [2.05, 4.69) is 11.9 Å². The Kier molecular flexibility index (Phi) is 7.30. The molecule has 76 valence electrons. The molecule has 0 heterocycles. The molecular weight excluding hydrogens is 166 g/mol. The number of carbonyl (C=O) groups excluding carboxylic acids is 1. The molecule has 0 bridgehead atoms. The topological polar surface area (TPSA) is 38.3 Å². The van der Waals surface area contributed by atoms with Crippen molar-refractivity contribution in [3.8, 4) is 0 Å². The van der Waals surface area contributed by atoms with Crippen LogP contribution in [-0.2, 0) is 9.53 Å². The third-order valence-electron chi connectivity index (χ3n) is 1.72. The molecule has 0 aliphatic rings. The average Bonchev–Trinajstić information content (AvgIpc) is 2.13. The van der Waals surface area contributed by atoms with Crippen molar-refractivity contribution >= 4 is 5.97 Å². The highest BCUT2D eigenvalue weighted by Crippen LogP contribution is 1.95. The number of hydrogen-bond acceptors (Lipinski definition) is 3. The normalized spacial score (nSPS) is 12.2. The molecule has 3 nitrogen and oxygen atoms in total. The van der Waals surface area contributed by atoms with E-state index in [4.69, 9.17) is 4.74 Å². The van der Waals surface area contributed by atoms with Crippen LogP contribution in [0.25, 0.3) is 0 Å². The first-order valence-electron chi connectivity index (χ1n) is 4.77. The lowest BCUT2D eigenvalue weighted by molar-refractivity contribution is -0.145. The number of rotatable bonds is 7. The SMILES string of the molecule is C=CCCNC(CC)C(=O)OCC. The Morgan fingerprint density at radius 2 is 2.31 bits per heavy atom. The zero-order chi connectivity index (χ0) is 10.1. The van der Waals surface area contributed by atoms with E-state index in [-0.39, 0.29) is 12.0 Å². The van der Waals surface area contributed by atoms with Crippen LogP contribution in [-0.4, -0.2) is 25.2 Å². The van der Waals surface area contributed by atoms with E-state index in [1.165, 1.54) is 0 Å². The summed E-state index contributed by atoms with van der Waals surface area (Å²) in [5.41, 5.74) is 0. The molecule has 0 aliphatic heterocycles. The van der Waals surface area contributed by atoms with E-state index < -0.39 is 0 Å². The van der Waals surface area contributed by atoms with Gasteiger partial charge in [-0.2, -0.15) is 0 Å². The summed E-state index contributed by atoms with van der Waals surface area (Å²) in [6.45, 7) is 8.60. The van der Waals surface area contributed by atoms with E-state index >= 15 is 0 Å². The minimum atomic E-state index is -0.167. The van der Waals surface area contributed by atoms with E-state index in [1.807, 2.05) is 19.9 Å². The minimum absolute atomic E-state index is 0.158. The largest absolute Gasteiger partial charge is 0.465 e. The summed E-state index contributed by atoms with van der Waals surface area (Å²) in [5.74, 6) is -0.158. The Bertz CT molecular complexity index is 157. The van der Waals surface area contributed by atoms with Gasteiger partial charge in [0, 0.05) is 0 Å². The van der Waals surface area contributed by atoms with Gasteiger partial charge in [0.25, 0.3) is 0 Å². The van der Waals surface area contributed by atoms with Crippen LogP contribution in [0.3, 0.4) is 0 Å². The fourth-order valence-corrected chi connectivity index (χ4v) is 0.997. The van der Waals surface area contributed by atoms with E-state index in [1.54, 1.807) is 0 Å². The van der Waals surface area contributed by atoms with E-state index in [0.717, 1.165) is 19.4 Å². The van der Waals surface area contributed by atoms with Gasteiger partial charge >= 0.3 is 5.97 Å². The molecule has 0 rings (SSSR count). The Morgan fingerprint density at radius 1 is 1.62 bits per heavy atom. The second-order valence-electron chi connectivity index (χ2n) is 2.74. The Hall–Kier alpha value is -0.830. The predicted octanol–water partition coefficient (Wildman–Crippen LogP) is 1.49. The third-order valence-corrected chi connectivity index (χ3v) is 1.72. The second kappa shape index (κ2) is 7.80. The van der Waals surface area contributed by atoms with Crippen LogP contribution in [0.1, 0.15) is 26.7 Å². The maximum Gasteiger partial charge on any atom is 0.323 e. The summed E-state index contributed by atoms with van der Waals surface area (Å²) >= 11 is 0. The van der Waals surface area contributed by atoms with Gasteiger partial charge in [-0.25, -0.2) is 0 Å². The van der Waals surface area contributed by atoms with Crippen LogP contribution in [0.5, 0.6) is 0 Å². The molecular formula is C10H19NO2. The van der Waals surface area contributed by atoms with Crippen molar-refractivity contribution in [1.82, 2.24) is 5.32 Å². The molecule has 1 unspecified atom stereocenters. The number of esters is 1. The highest BCUT2D eigenvalue weighted by atomic mass is 16.5. The first kappa shape index (κ1) is 12.2. The Balaban J connectivity index is 3.73. The Labute approximate surface area is 80.2 Å². The maximum atomic E-state index is 11.3. The lowest BCUT2D eigenvalue weighted by atomic mass is 10.2. The molecule has 3 heteroatoms.